The van der Waals surface area contributed by atoms with E-state index in [9.17, 15) is 0 Å². The van der Waals surface area contributed by atoms with Crippen molar-refractivity contribution in [3.63, 3.8) is 0 Å². The molecule has 0 bridgehead atoms. The maximum absolute atomic E-state index is 5.95. The summed E-state index contributed by atoms with van der Waals surface area (Å²) in [4.78, 5) is 0. The topological polar surface area (TPSA) is 74.1 Å². The van der Waals surface area contributed by atoms with E-state index < -0.39 is 0 Å². The van der Waals surface area contributed by atoms with Gasteiger partial charge in [-0.05, 0) is 40.6 Å². The zero-order chi connectivity index (χ0) is 19.8. The van der Waals surface area contributed by atoms with Crippen LogP contribution in [0.3, 0.4) is 0 Å². The molecule has 0 fully saturated rings. The fourth-order valence-corrected chi connectivity index (χ4v) is 3.44. The summed E-state index contributed by atoms with van der Waals surface area (Å²) in [5.74, 6) is 2.38. The number of thioether (sulfide) groups is 1. The first-order valence-corrected chi connectivity index (χ1v) is 10.1. The summed E-state index contributed by atoms with van der Waals surface area (Å²) in [7, 11) is 3.50. The van der Waals surface area contributed by atoms with Crippen molar-refractivity contribution >= 4 is 24.2 Å². The number of hydrogen-bond acceptors (Lipinski definition) is 7. The van der Waals surface area contributed by atoms with Gasteiger partial charge in [-0.3, -0.25) is 0 Å². The quantitative estimate of drug-likeness (QED) is 0.386. The van der Waals surface area contributed by atoms with Crippen molar-refractivity contribution in [3.8, 4) is 11.5 Å². The Hall–Kier alpha value is -2.29. The Balaban J connectivity index is 0.00000300. The maximum atomic E-state index is 5.95. The molecule has 1 heterocycles. The van der Waals surface area contributed by atoms with Crippen molar-refractivity contribution in [2.75, 3.05) is 19.4 Å². The second-order valence-electron chi connectivity index (χ2n) is 6.37. The number of aryl methyl sites for hydroxylation is 2. The summed E-state index contributed by atoms with van der Waals surface area (Å²) in [6.45, 7) is 4.20. The average Bonchev–Trinajstić information content (AvgIpc) is 3.11. The predicted molar refractivity (Wildman–Crippen MR) is 117 cm³/mol. The number of nitrogens with zero attached hydrogens (tertiary/aromatic N) is 4. The monoisotopic (exact) mass is 435 g/mol. The van der Waals surface area contributed by atoms with Gasteiger partial charge in [-0.2, -0.15) is 0 Å². The van der Waals surface area contributed by atoms with Crippen LogP contribution in [0.4, 0.5) is 0 Å². The number of tetrazole rings is 1. The summed E-state index contributed by atoms with van der Waals surface area (Å²) in [6, 6.07) is 14.3. The van der Waals surface area contributed by atoms with E-state index >= 15 is 0 Å². The van der Waals surface area contributed by atoms with E-state index in [-0.39, 0.29) is 12.4 Å². The van der Waals surface area contributed by atoms with E-state index in [1.165, 1.54) is 5.56 Å². The molecule has 7 nitrogen and oxygen atoms in total. The van der Waals surface area contributed by atoms with Crippen molar-refractivity contribution in [2.24, 2.45) is 7.05 Å². The van der Waals surface area contributed by atoms with Crippen molar-refractivity contribution < 1.29 is 9.47 Å². The van der Waals surface area contributed by atoms with E-state index in [1.807, 2.05) is 25.2 Å². The molecule has 0 unspecified atom stereocenters. The molecular formula is C20H26ClN5O2S. The molecule has 0 spiro atoms. The molecular weight excluding hydrogens is 410 g/mol. The molecule has 1 N–H and O–H groups in total. The number of halogens is 1. The molecule has 0 saturated carbocycles. The van der Waals surface area contributed by atoms with Crippen LogP contribution in [0.25, 0.3) is 0 Å². The summed E-state index contributed by atoms with van der Waals surface area (Å²) >= 11 is 1.62. The predicted octanol–water partition coefficient (Wildman–Crippen LogP) is 3.41. The Morgan fingerprint density at radius 1 is 1.10 bits per heavy atom. The first kappa shape index (κ1) is 23.0. The molecule has 0 radical (unpaired) electrons. The summed E-state index contributed by atoms with van der Waals surface area (Å²) in [6.07, 6.45) is 0. The molecule has 0 aliphatic heterocycles. The molecule has 0 aliphatic carbocycles. The zero-order valence-corrected chi connectivity index (χ0v) is 18.4. The number of methoxy groups -OCH3 is 1. The lowest BCUT2D eigenvalue weighted by molar-refractivity contribution is 0.284. The van der Waals surface area contributed by atoms with Gasteiger partial charge in [-0.15, -0.1) is 17.5 Å². The molecule has 0 amide bonds. The second kappa shape index (κ2) is 11.6. The number of nitrogens with one attached hydrogen (secondary N) is 1. The molecule has 9 heteroatoms. The minimum Gasteiger partial charge on any atom is -0.493 e. The Kier molecular flexibility index (Phi) is 9.24. The van der Waals surface area contributed by atoms with Crippen LogP contribution in [0.2, 0.25) is 0 Å². The maximum Gasteiger partial charge on any atom is 0.209 e. The fourth-order valence-electron chi connectivity index (χ4n) is 2.69. The third-order valence-corrected chi connectivity index (χ3v) is 5.14. The highest BCUT2D eigenvalue weighted by Crippen LogP contribution is 2.29. The van der Waals surface area contributed by atoms with Crippen LogP contribution in [0, 0.1) is 6.92 Å². The lowest BCUT2D eigenvalue weighted by Gasteiger charge is -2.13. The van der Waals surface area contributed by atoms with Gasteiger partial charge in [0.15, 0.2) is 11.5 Å². The largest absolute Gasteiger partial charge is 0.493 e. The standard InChI is InChI=1S/C20H25N5O2S.ClH/c1-15-5-4-6-17(11-15)14-27-18-8-7-16(12-19(18)26-3)13-21-9-10-28-20-22-23-24-25(20)2;/h4-8,11-12,21H,9-10,13-14H2,1-3H3;1H. The number of aromatic nitrogens is 4. The SMILES string of the molecule is COc1cc(CNCCSc2nnnn2C)ccc1OCc1cccc(C)c1.Cl. The van der Waals surface area contributed by atoms with Gasteiger partial charge in [0.2, 0.25) is 5.16 Å². The van der Waals surface area contributed by atoms with Gasteiger partial charge in [-0.25, -0.2) is 4.68 Å². The van der Waals surface area contributed by atoms with Gasteiger partial charge >= 0.3 is 0 Å². The van der Waals surface area contributed by atoms with E-state index in [0.29, 0.717) is 6.61 Å². The highest BCUT2D eigenvalue weighted by atomic mass is 35.5. The van der Waals surface area contributed by atoms with Gasteiger partial charge in [0, 0.05) is 25.9 Å². The average molecular weight is 436 g/mol. The Morgan fingerprint density at radius 2 is 1.97 bits per heavy atom. The molecule has 3 aromatic rings. The molecule has 29 heavy (non-hydrogen) atoms. The molecule has 0 saturated heterocycles. The number of rotatable bonds is 10. The summed E-state index contributed by atoms with van der Waals surface area (Å²) in [5.41, 5.74) is 3.51. The van der Waals surface area contributed by atoms with Crippen LogP contribution in [0.1, 0.15) is 16.7 Å². The third kappa shape index (κ3) is 6.92. The highest BCUT2D eigenvalue weighted by Gasteiger charge is 2.07. The van der Waals surface area contributed by atoms with Crippen LogP contribution in [-0.2, 0) is 20.2 Å². The van der Waals surface area contributed by atoms with Crippen molar-refractivity contribution in [1.82, 2.24) is 25.5 Å². The van der Waals surface area contributed by atoms with Crippen LogP contribution < -0.4 is 14.8 Å². The minimum absolute atomic E-state index is 0. The van der Waals surface area contributed by atoms with Gasteiger partial charge in [0.1, 0.15) is 6.61 Å². The van der Waals surface area contributed by atoms with E-state index in [2.05, 4.69) is 52.0 Å². The Morgan fingerprint density at radius 3 is 2.69 bits per heavy atom. The van der Waals surface area contributed by atoms with Gasteiger partial charge in [0.05, 0.1) is 7.11 Å². The fraction of sp³-hybridized carbons (Fsp3) is 0.350. The number of hydrogen-bond donors (Lipinski definition) is 1. The number of ether oxygens (including phenoxy) is 2. The zero-order valence-electron chi connectivity index (χ0n) is 16.8. The van der Waals surface area contributed by atoms with Gasteiger partial charge in [-0.1, -0.05) is 47.7 Å². The molecule has 0 atom stereocenters. The van der Waals surface area contributed by atoms with Gasteiger partial charge in [0.25, 0.3) is 0 Å². The normalized spacial score (nSPS) is 10.4. The molecule has 0 aliphatic rings. The summed E-state index contributed by atoms with van der Waals surface area (Å²) < 4.78 is 13.1. The van der Waals surface area contributed by atoms with Crippen molar-refractivity contribution in [2.45, 2.75) is 25.2 Å². The number of benzene rings is 2. The summed E-state index contributed by atoms with van der Waals surface area (Å²) in [5, 5.41) is 15.6. The molecule has 2 aromatic carbocycles. The van der Waals surface area contributed by atoms with Crippen LogP contribution in [0.5, 0.6) is 11.5 Å². The molecule has 3 rings (SSSR count). The van der Waals surface area contributed by atoms with E-state index in [4.69, 9.17) is 9.47 Å². The van der Waals surface area contributed by atoms with Crippen molar-refractivity contribution in [1.29, 1.82) is 0 Å². The lowest BCUT2D eigenvalue weighted by Crippen LogP contribution is -2.16. The lowest BCUT2D eigenvalue weighted by atomic mass is 10.1. The molecule has 156 valence electrons. The second-order valence-corrected chi connectivity index (χ2v) is 7.44. The van der Waals surface area contributed by atoms with Crippen LogP contribution in [-0.4, -0.2) is 39.6 Å². The Bertz CT molecular complexity index is 906. The van der Waals surface area contributed by atoms with Crippen LogP contribution >= 0.6 is 24.2 Å². The van der Waals surface area contributed by atoms with Crippen molar-refractivity contribution in [3.05, 3.63) is 59.2 Å². The molecule has 1 aromatic heterocycles. The van der Waals surface area contributed by atoms with Crippen LogP contribution in [0.15, 0.2) is 47.6 Å². The smallest absolute Gasteiger partial charge is 0.209 e. The van der Waals surface area contributed by atoms with E-state index in [0.717, 1.165) is 46.6 Å². The first-order chi connectivity index (χ1) is 13.7. The first-order valence-electron chi connectivity index (χ1n) is 9.07. The highest BCUT2D eigenvalue weighted by molar-refractivity contribution is 7.99. The Labute approximate surface area is 181 Å². The van der Waals surface area contributed by atoms with Gasteiger partial charge < -0.3 is 14.8 Å². The third-order valence-electron chi connectivity index (χ3n) is 4.13. The van der Waals surface area contributed by atoms with E-state index in [1.54, 1.807) is 23.6 Å². The minimum atomic E-state index is 0.